The quantitative estimate of drug-likeness (QED) is 0.272. The minimum Gasteiger partial charge on any atom is -0.384 e. The zero-order chi connectivity index (χ0) is 17.3. The Morgan fingerprint density at radius 1 is 1.42 bits per heavy atom. The van der Waals surface area contributed by atoms with Gasteiger partial charge in [0, 0.05) is 49.1 Å². The van der Waals surface area contributed by atoms with Crippen LogP contribution in [0, 0.1) is 10.1 Å². The fourth-order valence-electron chi connectivity index (χ4n) is 2.78. The number of hydrogen-bond donors (Lipinski definition) is 1. The van der Waals surface area contributed by atoms with E-state index < -0.39 is 0 Å². The largest absolute Gasteiger partial charge is 0.384 e. The molecule has 1 heterocycles. The van der Waals surface area contributed by atoms with Gasteiger partial charge in [0.05, 0.1) is 22.4 Å². The van der Waals surface area contributed by atoms with Crippen LogP contribution >= 0.6 is 23.6 Å². The third-order valence-corrected chi connectivity index (χ3v) is 4.72. The summed E-state index contributed by atoms with van der Waals surface area (Å²) in [4.78, 5) is 16.7. The molecule has 24 heavy (non-hydrogen) atoms. The summed E-state index contributed by atoms with van der Waals surface area (Å²) in [5.41, 5.74) is 1.88. The average Bonchev–Trinajstić information content (AvgIpc) is 2.96. The van der Waals surface area contributed by atoms with E-state index in [-0.39, 0.29) is 16.5 Å². The van der Waals surface area contributed by atoms with Gasteiger partial charge in [0.2, 0.25) is 0 Å². The molecule has 0 amide bonds. The molecule has 0 aliphatic carbocycles. The van der Waals surface area contributed by atoms with Crippen LogP contribution in [0.25, 0.3) is 10.8 Å². The molecule has 0 spiro atoms. The standard InChI is InChI=1S/C15H16ClN3O4S/c1-18(2)22-23-24-10-3-4-11-12(5-10)14(19(20)21)6-13-15(11)9(7-16)8-17-13/h3-6,9,17H,7-8H2,1-2H3. The van der Waals surface area contributed by atoms with Crippen LogP contribution in [0.5, 0.6) is 0 Å². The van der Waals surface area contributed by atoms with E-state index in [0.717, 1.165) is 28.7 Å². The molecule has 0 bridgehead atoms. The van der Waals surface area contributed by atoms with Crippen LogP contribution < -0.4 is 5.32 Å². The summed E-state index contributed by atoms with van der Waals surface area (Å²) in [5.74, 6) is 0.597. The van der Waals surface area contributed by atoms with Gasteiger partial charge in [-0.1, -0.05) is 6.07 Å². The van der Waals surface area contributed by atoms with E-state index in [2.05, 4.69) is 5.32 Å². The molecule has 1 aliphatic heterocycles. The minimum atomic E-state index is -0.371. The first-order chi connectivity index (χ1) is 11.5. The van der Waals surface area contributed by atoms with Crippen LogP contribution in [-0.4, -0.2) is 36.5 Å². The lowest BCUT2D eigenvalue weighted by Gasteiger charge is -2.12. The van der Waals surface area contributed by atoms with Gasteiger partial charge >= 0.3 is 0 Å². The molecule has 0 saturated heterocycles. The van der Waals surface area contributed by atoms with Crippen molar-refractivity contribution < 1.29 is 14.2 Å². The fraction of sp³-hybridized carbons (Fsp3) is 0.333. The second-order valence-corrected chi connectivity index (χ2v) is 6.67. The van der Waals surface area contributed by atoms with Crippen LogP contribution in [0.4, 0.5) is 11.4 Å². The van der Waals surface area contributed by atoms with Crippen LogP contribution in [0.3, 0.4) is 0 Å². The smallest absolute Gasteiger partial charge is 0.279 e. The first-order valence-electron chi connectivity index (χ1n) is 7.24. The third kappa shape index (κ3) is 3.28. The Balaban J connectivity index is 2.06. The Hall–Kier alpha value is -1.58. The Labute approximate surface area is 148 Å². The van der Waals surface area contributed by atoms with Gasteiger partial charge in [0.15, 0.2) is 0 Å². The molecule has 1 unspecified atom stereocenters. The lowest BCUT2D eigenvalue weighted by atomic mass is 9.95. The maximum Gasteiger partial charge on any atom is 0.279 e. The van der Waals surface area contributed by atoms with Gasteiger partial charge in [-0.15, -0.1) is 20.9 Å². The van der Waals surface area contributed by atoms with Gasteiger partial charge in [-0.25, -0.2) is 0 Å². The number of alkyl halides is 1. The van der Waals surface area contributed by atoms with Crippen molar-refractivity contribution in [3.8, 4) is 0 Å². The lowest BCUT2D eigenvalue weighted by Crippen LogP contribution is -2.10. The molecular formula is C15H16ClN3O4S. The number of hydroxylamine groups is 2. The van der Waals surface area contributed by atoms with E-state index in [1.54, 1.807) is 26.2 Å². The number of nitrogens with one attached hydrogen (secondary N) is 1. The van der Waals surface area contributed by atoms with E-state index in [1.807, 2.05) is 12.1 Å². The molecule has 0 radical (unpaired) electrons. The number of nitro groups is 1. The van der Waals surface area contributed by atoms with Gasteiger partial charge in [0.1, 0.15) is 0 Å². The Bertz CT molecular complexity index is 787. The monoisotopic (exact) mass is 369 g/mol. The second kappa shape index (κ2) is 7.12. The molecule has 128 valence electrons. The SMILES string of the molecule is CN(C)OOSc1ccc2c3c(cc([N+](=O)[O-])c2c1)NCC3CCl. The van der Waals surface area contributed by atoms with Gasteiger partial charge in [-0.2, -0.15) is 5.06 Å². The Morgan fingerprint density at radius 3 is 2.88 bits per heavy atom. The average molecular weight is 370 g/mol. The highest BCUT2D eigenvalue weighted by atomic mass is 35.5. The van der Waals surface area contributed by atoms with Crippen molar-refractivity contribution in [3.05, 3.63) is 39.9 Å². The summed E-state index contributed by atoms with van der Waals surface area (Å²) in [6.45, 7) is 0.686. The molecule has 0 saturated carbocycles. The van der Waals surface area contributed by atoms with Crippen LogP contribution in [0.15, 0.2) is 29.2 Å². The summed E-state index contributed by atoms with van der Waals surface area (Å²) in [5, 5.41) is 17.5. The van der Waals surface area contributed by atoms with Crippen molar-refractivity contribution in [2.24, 2.45) is 0 Å². The Morgan fingerprint density at radius 2 is 2.21 bits per heavy atom. The zero-order valence-corrected chi connectivity index (χ0v) is 14.7. The van der Waals surface area contributed by atoms with Gasteiger partial charge < -0.3 is 5.32 Å². The van der Waals surface area contributed by atoms with E-state index in [0.29, 0.717) is 22.7 Å². The molecule has 1 atom stereocenters. The van der Waals surface area contributed by atoms with E-state index >= 15 is 0 Å². The van der Waals surface area contributed by atoms with Gasteiger partial charge in [-0.3, -0.25) is 10.1 Å². The summed E-state index contributed by atoms with van der Waals surface area (Å²) in [6.07, 6.45) is 0. The predicted octanol–water partition coefficient (Wildman–Crippen LogP) is 3.93. The lowest BCUT2D eigenvalue weighted by molar-refractivity contribution is -0.383. The number of hydrogen-bond acceptors (Lipinski definition) is 7. The van der Waals surface area contributed by atoms with Crippen molar-refractivity contribution >= 4 is 45.8 Å². The van der Waals surface area contributed by atoms with Gasteiger partial charge in [-0.05, 0) is 23.1 Å². The summed E-state index contributed by atoms with van der Waals surface area (Å²) >= 11 is 7.04. The third-order valence-electron chi connectivity index (χ3n) is 3.77. The summed E-state index contributed by atoms with van der Waals surface area (Å²) in [6, 6.07) is 7.03. The number of halogens is 1. The molecule has 7 nitrogen and oxygen atoms in total. The highest BCUT2D eigenvalue weighted by Gasteiger charge is 2.28. The molecule has 1 N–H and O–H groups in total. The number of anilines is 1. The van der Waals surface area contributed by atoms with Gasteiger partial charge in [0.25, 0.3) is 5.69 Å². The number of non-ortho nitro benzene ring substituents is 1. The molecule has 2 aromatic rings. The van der Waals surface area contributed by atoms with Crippen molar-refractivity contribution in [2.45, 2.75) is 10.8 Å². The molecule has 0 aromatic heterocycles. The molecular weight excluding hydrogens is 354 g/mol. The highest BCUT2D eigenvalue weighted by molar-refractivity contribution is 7.94. The Kier molecular flexibility index (Phi) is 5.12. The maximum atomic E-state index is 11.5. The van der Waals surface area contributed by atoms with Crippen molar-refractivity contribution in [3.63, 3.8) is 0 Å². The summed E-state index contributed by atoms with van der Waals surface area (Å²) < 4.78 is 5.00. The number of benzene rings is 2. The van der Waals surface area contributed by atoms with Crippen molar-refractivity contribution in [1.29, 1.82) is 0 Å². The number of rotatable bonds is 6. The second-order valence-electron chi connectivity index (χ2n) is 5.59. The number of nitro benzene ring substituents is 1. The molecule has 1 aliphatic rings. The van der Waals surface area contributed by atoms with Crippen LogP contribution in [0.2, 0.25) is 0 Å². The van der Waals surface area contributed by atoms with Crippen LogP contribution in [0.1, 0.15) is 11.5 Å². The molecule has 3 rings (SSSR count). The maximum absolute atomic E-state index is 11.5. The normalized spacial score (nSPS) is 16.4. The fourth-order valence-corrected chi connectivity index (χ4v) is 3.56. The first-order valence-corrected chi connectivity index (χ1v) is 8.52. The van der Waals surface area contributed by atoms with E-state index in [1.165, 1.54) is 5.06 Å². The first kappa shape index (κ1) is 17.2. The minimum absolute atomic E-state index is 0.0578. The predicted molar refractivity (Wildman–Crippen MR) is 94.3 cm³/mol. The topological polar surface area (TPSA) is 76.9 Å². The number of nitrogens with zero attached hydrogens (tertiary/aromatic N) is 2. The van der Waals surface area contributed by atoms with Crippen LogP contribution in [-0.2, 0) is 9.32 Å². The molecule has 0 fully saturated rings. The highest BCUT2D eigenvalue weighted by Crippen LogP contribution is 2.43. The number of fused-ring (bicyclic) bond motifs is 3. The molecule has 2 aromatic carbocycles. The zero-order valence-electron chi connectivity index (χ0n) is 13.1. The molecule has 9 heteroatoms. The summed E-state index contributed by atoms with van der Waals surface area (Å²) in [7, 11) is 3.38. The van der Waals surface area contributed by atoms with Crippen molar-refractivity contribution in [2.75, 3.05) is 31.8 Å². The van der Waals surface area contributed by atoms with Crippen molar-refractivity contribution in [1.82, 2.24) is 5.06 Å². The van der Waals surface area contributed by atoms with E-state index in [4.69, 9.17) is 20.9 Å². The van der Waals surface area contributed by atoms with E-state index in [9.17, 15) is 10.1 Å².